The molecule has 2 aromatic heterocycles. The Morgan fingerprint density at radius 1 is 1.31 bits per heavy atom. The molecular formula is C19H28N4OS2. The van der Waals surface area contributed by atoms with Gasteiger partial charge >= 0.3 is 0 Å². The summed E-state index contributed by atoms with van der Waals surface area (Å²) < 4.78 is 2.31. The summed E-state index contributed by atoms with van der Waals surface area (Å²) in [7, 11) is 0. The van der Waals surface area contributed by atoms with Crippen molar-refractivity contribution in [1.29, 1.82) is 0 Å². The fraction of sp³-hybridized carbons (Fsp3) is 0.632. The summed E-state index contributed by atoms with van der Waals surface area (Å²) in [6.07, 6.45) is 7.01. The van der Waals surface area contributed by atoms with Gasteiger partial charge in [0.05, 0.1) is 5.75 Å². The van der Waals surface area contributed by atoms with Crippen molar-refractivity contribution in [1.82, 2.24) is 20.1 Å². The van der Waals surface area contributed by atoms with Crippen molar-refractivity contribution in [2.75, 3.05) is 5.75 Å². The number of amides is 1. The number of nitrogens with zero attached hydrogens (tertiary/aromatic N) is 3. The molecule has 3 rings (SSSR count). The van der Waals surface area contributed by atoms with E-state index in [4.69, 9.17) is 0 Å². The summed E-state index contributed by atoms with van der Waals surface area (Å²) in [4.78, 5) is 13.5. The summed E-state index contributed by atoms with van der Waals surface area (Å²) in [6.45, 7) is 6.00. The van der Waals surface area contributed by atoms with Crippen LogP contribution >= 0.6 is 23.1 Å². The molecular weight excluding hydrogens is 364 g/mol. The lowest BCUT2D eigenvalue weighted by Gasteiger charge is -2.25. The van der Waals surface area contributed by atoms with Crippen LogP contribution in [-0.4, -0.2) is 32.0 Å². The van der Waals surface area contributed by atoms with Crippen LogP contribution in [0.2, 0.25) is 0 Å². The molecule has 2 aromatic rings. The second-order valence-electron chi connectivity index (χ2n) is 7.90. The molecule has 7 heteroatoms. The molecule has 1 amide bonds. The minimum atomic E-state index is -0.209. The van der Waals surface area contributed by atoms with Crippen LogP contribution in [0.5, 0.6) is 0 Å². The number of rotatable bonds is 6. The highest BCUT2D eigenvalue weighted by atomic mass is 32.2. The number of hydrogen-bond acceptors (Lipinski definition) is 5. The summed E-state index contributed by atoms with van der Waals surface area (Å²) >= 11 is 3.26. The van der Waals surface area contributed by atoms with Crippen LogP contribution < -0.4 is 5.32 Å². The first-order valence-electron chi connectivity index (χ1n) is 9.32. The fourth-order valence-corrected chi connectivity index (χ4v) is 4.91. The van der Waals surface area contributed by atoms with E-state index in [1.54, 1.807) is 11.3 Å². The van der Waals surface area contributed by atoms with Gasteiger partial charge in [-0.05, 0) is 45.1 Å². The van der Waals surface area contributed by atoms with Crippen molar-refractivity contribution in [3.63, 3.8) is 0 Å². The van der Waals surface area contributed by atoms with Crippen LogP contribution in [0.3, 0.4) is 0 Å². The maximum absolute atomic E-state index is 12.2. The first-order chi connectivity index (χ1) is 12.4. The predicted octanol–water partition coefficient (Wildman–Crippen LogP) is 4.44. The minimum absolute atomic E-state index is 0.0421. The first-order valence-corrected chi connectivity index (χ1v) is 11.2. The molecule has 0 atom stereocenters. The van der Waals surface area contributed by atoms with Gasteiger partial charge in [-0.15, -0.1) is 21.5 Å². The van der Waals surface area contributed by atoms with E-state index in [2.05, 4.69) is 37.6 Å². The molecule has 142 valence electrons. The van der Waals surface area contributed by atoms with Crippen LogP contribution in [-0.2, 0) is 11.2 Å². The van der Waals surface area contributed by atoms with Gasteiger partial charge in [0, 0.05) is 22.9 Å². The summed E-state index contributed by atoms with van der Waals surface area (Å²) in [5, 5.41) is 14.9. The average Bonchev–Trinajstić information content (AvgIpc) is 3.22. The number of aromatic nitrogens is 3. The molecule has 1 aliphatic rings. The Morgan fingerprint density at radius 3 is 2.73 bits per heavy atom. The molecule has 0 bridgehead atoms. The van der Waals surface area contributed by atoms with Crippen LogP contribution in [0.4, 0.5) is 0 Å². The SMILES string of the molecule is CC(C)(C)NC(=O)CSc1nnc(Cc2cccs2)n1C1CCCCC1. The third-order valence-electron chi connectivity index (χ3n) is 4.43. The number of carbonyl (C=O) groups excluding carboxylic acids is 1. The van der Waals surface area contributed by atoms with Gasteiger partial charge in [0.2, 0.25) is 5.91 Å². The zero-order valence-corrected chi connectivity index (χ0v) is 17.5. The van der Waals surface area contributed by atoms with E-state index in [0.717, 1.165) is 17.4 Å². The smallest absolute Gasteiger partial charge is 0.230 e. The van der Waals surface area contributed by atoms with E-state index in [-0.39, 0.29) is 11.4 Å². The molecule has 0 saturated heterocycles. The molecule has 5 nitrogen and oxygen atoms in total. The average molecular weight is 393 g/mol. The highest BCUT2D eigenvalue weighted by molar-refractivity contribution is 7.99. The summed E-state index contributed by atoms with van der Waals surface area (Å²) in [6, 6.07) is 4.68. The van der Waals surface area contributed by atoms with Crippen LogP contribution in [0.25, 0.3) is 0 Å². The van der Waals surface area contributed by atoms with Gasteiger partial charge in [-0.3, -0.25) is 4.79 Å². The highest BCUT2D eigenvalue weighted by Gasteiger charge is 2.24. The lowest BCUT2D eigenvalue weighted by Crippen LogP contribution is -2.41. The zero-order chi connectivity index (χ0) is 18.6. The van der Waals surface area contributed by atoms with E-state index < -0.39 is 0 Å². The predicted molar refractivity (Wildman–Crippen MR) is 108 cm³/mol. The van der Waals surface area contributed by atoms with Crippen molar-refractivity contribution in [3.05, 3.63) is 28.2 Å². The second-order valence-corrected chi connectivity index (χ2v) is 9.88. The van der Waals surface area contributed by atoms with Crippen molar-refractivity contribution < 1.29 is 4.79 Å². The highest BCUT2D eigenvalue weighted by Crippen LogP contribution is 2.33. The summed E-state index contributed by atoms with van der Waals surface area (Å²) in [5.41, 5.74) is -0.209. The fourth-order valence-electron chi connectivity index (χ4n) is 3.39. The van der Waals surface area contributed by atoms with E-state index in [9.17, 15) is 4.79 Å². The quantitative estimate of drug-likeness (QED) is 0.738. The monoisotopic (exact) mass is 392 g/mol. The molecule has 26 heavy (non-hydrogen) atoms. The topological polar surface area (TPSA) is 59.8 Å². The molecule has 0 unspecified atom stereocenters. The van der Waals surface area contributed by atoms with Crippen molar-refractivity contribution >= 4 is 29.0 Å². The second kappa shape index (κ2) is 8.57. The molecule has 0 aromatic carbocycles. The Balaban J connectivity index is 1.75. The van der Waals surface area contributed by atoms with E-state index >= 15 is 0 Å². The molecule has 0 radical (unpaired) electrons. The normalized spacial score (nSPS) is 16.0. The van der Waals surface area contributed by atoms with Gasteiger partial charge < -0.3 is 9.88 Å². The third kappa shape index (κ3) is 5.33. The lowest BCUT2D eigenvalue weighted by atomic mass is 9.95. The number of thioether (sulfide) groups is 1. The number of carbonyl (C=O) groups is 1. The van der Waals surface area contributed by atoms with Crippen molar-refractivity contribution in [3.8, 4) is 0 Å². The van der Waals surface area contributed by atoms with Gasteiger partial charge in [-0.1, -0.05) is 37.1 Å². The van der Waals surface area contributed by atoms with Gasteiger partial charge in [-0.2, -0.15) is 0 Å². The standard InChI is InChI=1S/C19H28N4OS2/c1-19(2,3)20-17(24)13-26-18-22-21-16(12-15-10-7-11-25-15)23(18)14-8-5-4-6-9-14/h7,10-11,14H,4-6,8-9,12-13H2,1-3H3,(H,20,24). The molecule has 1 saturated carbocycles. The maximum atomic E-state index is 12.2. The van der Waals surface area contributed by atoms with Crippen molar-refractivity contribution in [2.24, 2.45) is 0 Å². The van der Waals surface area contributed by atoms with Crippen molar-refractivity contribution in [2.45, 2.75) is 76.0 Å². The van der Waals surface area contributed by atoms with Gasteiger partial charge in [0.15, 0.2) is 5.16 Å². The van der Waals surface area contributed by atoms with Gasteiger partial charge in [0.1, 0.15) is 5.82 Å². The largest absolute Gasteiger partial charge is 0.351 e. The Labute approximate surface area is 164 Å². The molecule has 0 spiro atoms. The zero-order valence-electron chi connectivity index (χ0n) is 15.8. The molecule has 2 heterocycles. The van der Waals surface area contributed by atoms with E-state index in [1.807, 2.05) is 20.8 Å². The Morgan fingerprint density at radius 2 is 2.08 bits per heavy atom. The van der Waals surface area contributed by atoms with Crippen LogP contribution in [0.1, 0.15) is 69.6 Å². The molecule has 1 aliphatic carbocycles. The third-order valence-corrected chi connectivity index (χ3v) is 6.25. The molecule has 0 aliphatic heterocycles. The Kier molecular flexibility index (Phi) is 6.40. The number of thiophene rings is 1. The minimum Gasteiger partial charge on any atom is -0.351 e. The number of nitrogens with one attached hydrogen (secondary N) is 1. The van der Waals surface area contributed by atoms with Crippen LogP contribution in [0.15, 0.2) is 22.7 Å². The van der Waals surface area contributed by atoms with Gasteiger partial charge in [0.25, 0.3) is 0 Å². The van der Waals surface area contributed by atoms with Gasteiger partial charge in [-0.25, -0.2) is 0 Å². The summed E-state index contributed by atoms with van der Waals surface area (Å²) in [5.74, 6) is 1.44. The van der Waals surface area contributed by atoms with E-state index in [1.165, 1.54) is 48.7 Å². The number of hydrogen-bond donors (Lipinski definition) is 1. The molecule has 1 N–H and O–H groups in total. The first kappa shape index (κ1) is 19.4. The van der Waals surface area contributed by atoms with E-state index in [0.29, 0.717) is 11.8 Å². The lowest BCUT2D eigenvalue weighted by molar-refractivity contribution is -0.119. The Hall–Kier alpha value is -1.34. The Bertz CT molecular complexity index is 712. The maximum Gasteiger partial charge on any atom is 0.230 e. The molecule has 1 fully saturated rings. The van der Waals surface area contributed by atoms with Crippen LogP contribution in [0, 0.1) is 0 Å².